The zero-order valence-corrected chi connectivity index (χ0v) is 15.5. The van der Waals surface area contributed by atoms with Gasteiger partial charge in [-0.15, -0.1) is 0 Å². The summed E-state index contributed by atoms with van der Waals surface area (Å²) in [6.07, 6.45) is 6.93. The molecule has 0 atom stereocenters. The van der Waals surface area contributed by atoms with Gasteiger partial charge in [-0.05, 0) is 24.1 Å². The molecule has 0 radical (unpaired) electrons. The lowest BCUT2D eigenvalue weighted by Crippen LogP contribution is -2.50. The second-order valence-corrected chi connectivity index (χ2v) is 7.97. The number of ether oxygens (including phenoxy) is 2. The van der Waals surface area contributed by atoms with Gasteiger partial charge in [0.05, 0.1) is 26.1 Å². The lowest BCUT2D eigenvalue weighted by atomic mass is 9.93. The highest BCUT2D eigenvalue weighted by Gasteiger charge is 2.40. The molecule has 6 heteroatoms. The molecule has 0 bridgehead atoms. The number of aryl methyl sites for hydroxylation is 1. The molecule has 0 unspecified atom stereocenters. The van der Waals surface area contributed by atoms with E-state index in [2.05, 4.69) is 18.8 Å². The summed E-state index contributed by atoms with van der Waals surface area (Å²) >= 11 is 12.3. The van der Waals surface area contributed by atoms with Crippen LogP contribution in [0.5, 0.6) is 0 Å². The minimum atomic E-state index is -0.667. The molecule has 0 amide bonds. The quantitative estimate of drug-likeness (QED) is 0.773. The summed E-state index contributed by atoms with van der Waals surface area (Å²) in [6, 6.07) is 5.59. The van der Waals surface area contributed by atoms with Crippen LogP contribution in [0, 0.1) is 5.41 Å². The van der Waals surface area contributed by atoms with Gasteiger partial charge in [0.25, 0.3) is 0 Å². The highest BCUT2D eigenvalue weighted by molar-refractivity contribution is 6.35. The lowest BCUT2D eigenvalue weighted by molar-refractivity contribution is -0.307. The molecule has 1 saturated heterocycles. The van der Waals surface area contributed by atoms with Crippen molar-refractivity contribution in [3.8, 4) is 0 Å². The van der Waals surface area contributed by atoms with E-state index in [9.17, 15) is 0 Å². The molecule has 0 spiro atoms. The summed E-state index contributed by atoms with van der Waals surface area (Å²) in [5.74, 6) is -0.667. The number of imidazole rings is 1. The molecule has 1 aromatic carbocycles. The summed E-state index contributed by atoms with van der Waals surface area (Å²) in [7, 11) is 0. The topological polar surface area (TPSA) is 36.3 Å². The SMILES string of the molecule is CC1(C)COC(CCc2ccc(Cl)cc2Cl)(Cn2ccnc2)OC1. The Morgan fingerprint density at radius 1 is 1.21 bits per heavy atom. The second-order valence-electron chi connectivity index (χ2n) is 7.12. The Labute approximate surface area is 152 Å². The molecule has 130 valence electrons. The molecule has 2 aromatic rings. The normalized spacial score (nSPS) is 19.3. The van der Waals surface area contributed by atoms with Crippen molar-refractivity contribution in [1.29, 1.82) is 0 Å². The maximum Gasteiger partial charge on any atom is 0.186 e. The van der Waals surface area contributed by atoms with Crippen molar-refractivity contribution in [2.24, 2.45) is 5.41 Å². The first-order chi connectivity index (χ1) is 11.4. The van der Waals surface area contributed by atoms with Crippen LogP contribution in [0.25, 0.3) is 0 Å². The van der Waals surface area contributed by atoms with E-state index in [-0.39, 0.29) is 5.41 Å². The Morgan fingerprint density at radius 2 is 1.96 bits per heavy atom. The Hall–Kier alpha value is -1.07. The molecule has 0 saturated carbocycles. The van der Waals surface area contributed by atoms with Crippen LogP contribution in [0.2, 0.25) is 10.0 Å². The van der Waals surface area contributed by atoms with E-state index >= 15 is 0 Å². The summed E-state index contributed by atoms with van der Waals surface area (Å²) in [4.78, 5) is 4.11. The van der Waals surface area contributed by atoms with E-state index in [1.807, 2.05) is 22.9 Å². The maximum atomic E-state index is 6.30. The number of benzene rings is 1. The third kappa shape index (κ3) is 4.31. The number of hydrogen-bond acceptors (Lipinski definition) is 3. The fourth-order valence-electron chi connectivity index (χ4n) is 2.76. The van der Waals surface area contributed by atoms with Crippen molar-refractivity contribution in [2.75, 3.05) is 13.2 Å². The Balaban J connectivity index is 1.75. The van der Waals surface area contributed by atoms with Gasteiger partial charge in [-0.25, -0.2) is 4.98 Å². The van der Waals surface area contributed by atoms with Gasteiger partial charge in [0.1, 0.15) is 0 Å². The van der Waals surface area contributed by atoms with Crippen LogP contribution in [0.4, 0.5) is 0 Å². The van der Waals surface area contributed by atoms with Crippen molar-refractivity contribution < 1.29 is 9.47 Å². The van der Waals surface area contributed by atoms with E-state index in [4.69, 9.17) is 32.7 Å². The first kappa shape index (κ1) is 17.7. The molecule has 1 fully saturated rings. The van der Waals surface area contributed by atoms with Gasteiger partial charge in [-0.1, -0.05) is 43.1 Å². The molecule has 0 aliphatic carbocycles. The smallest absolute Gasteiger partial charge is 0.186 e. The van der Waals surface area contributed by atoms with Crippen LogP contribution in [0.1, 0.15) is 25.8 Å². The van der Waals surface area contributed by atoms with Crippen LogP contribution in [-0.2, 0) is 22.4 Å². The fraction of sp³-hybridized carbons (Fsp3) is 0.500. The van der Waals surface area contributed by atoms with Crippen molar-refractivity contribution >= 4 is 23.2 Å². The van der Waals surface area contributed by atoms with Crippen LogP contribution in [-0.4, -0.2) is 28.6 Å². The molecule has 2 heterocycles. The Bertz CT molecular complexity index is 676. The number of rotatable bonds is 5. The fourth-order valence-corrected chi connectivity index (χ4v) is 3.26. The lowest BCUT2D eigenvalue weighted by Gasteiger charge is -2.43. The molecule has 1 aliphatic rings. The van der Waals surface area contributed by atoms with Gasteiger partial charge in [0.15, 0.2) is 5.79 Å². The minimum absolute atomic E-state index is 0.0242. The maximum absolute atomic E-state index is 6.30. The molecule has 0 N–H and O–H groups in total. The van der Waals surface area contributed by atoms with Gasteiger partial charge >= 0.3 is 0 Å². The van der Waals surface area contributed by atoms with E-state index in [0.29, 0.717) is 36.2 Å². The summed E-state index contributed by atoms with van der Waals surface area (Å²) in [5.41, 5.74) is 1.07. The molecule has 24 heavy (non-hydrogen) atoms. The van der Waals surface area contributed by atoms with E-state index in [1.54, 1.807) is 18.6 Å². The zero-order chi connectivity index (χ0) is 17.2. The van der Waals surface area contributed by atoms with Crippen LogP contribution in [0.3, 0.4) is 0 Å². The summed E-state index contributed by atoms with van der Waals surface area (Å²) in [5, 5.41) is 1.32. The summed E-state index contributed by atoms with van der Waals surface area (Å²) < 4.78 is 14.4. The average Bonchev–Trinajstić information content (AvgIpc) is 3.02. The zero-order valence-electron chi connectivity index (χ0n) is 14.0. The largest absolute Gasteiger partial charge is 0.348 e. The van der Waals surface area contributed by atoms with E-state index in [0.717, 1.165) is 12.0 Å². The minimum Gasteiger partial charge on any atom is -0.348 e. The average molecular weight is 369 g/mol. The standard InChI is InChI=1S/C18H22Cl2N2O2/c1-17(2)11-23-18(24-12-17,10-22-8-7-21-13-22)6-5-14-3-4-15(19)9-16(14)20/h3-4,7-9,13H,5-6,10-12H2,1-2H3. The van der Waals surface area contributed by atoms with Crippen molar-refractivity contribution in [1.82, 2.24) is 9.55 Å². The van der Waals surface area contributed by atoms with Crippen molar-refractivity contribution in [3.05, 3.63) is 52.5 Å². The monoisotopic (exact) mass is 368 g/mol. The highest BCUT2D eigenvalue weighted by Crippen LogP contribution is 2.34. The Morgan fingerprint density at radius 3 is 2.58 bits per heavy atom. The number of nitrogens with zero attached hydrogens (tertiary/aromatic N) is 2. The molecule has 3 rings (SSSR count). The van der Waals surface area contributed by atoms with Crippen LogP contribution >= 0.6 is 23.2 Å². The van der Waals surface area contributed by atoms with Gasteiger partial charge in [0.2, 0.25) is 0 Å². The molecular formula is C18H22Cl2N2O2. The van der Waals surface area contributed by atoms with Crippen LogP contribution < -0.4 is 0 Å². The van der Waals surface area contributed by atoms with Gasteiger partial charge in [-0.2, -0.15) is 0 Å². The van der Waals surface area contributed by atoms with Crippen molar-refractivity contribution in [2.45, 2.75) is 39.0 Å². The predicted molar refractivity (Wildman–Crippen MR) is 95.4 cm³/mol. The highest BCUT2D eigenvalue weighted by atomic mass is 35.5. The predicted octanol–water partition coefficient (Wildman–Crippen LogP) is 4.59. The van der Waals surface area contributed by atoms with Crippen LogP contribution in [0.15, 0.2) is 36.9 Å². The van der Waals surface area contributed by atoms with Gasteiger partial charge < -0.3 is 14.0 Å². The van der Waals surface area contributed by atoms with Gasteiger partial charge in [-0.3, -0.25) is 0 Å². The number of aromatic nitrogens is 2. The molecule has 1 aromatic heterocycles. The van der Waals surface area contributed by atoms with Crippen molar-refractivity contribution in [3.63, 3.8) is 0 Å². The molecule has 1 aliphatic heterocycles. The Kier molecular flexibility index (Phi) is 5.21. The second kappa shape index (κ2) is 7.04. The first-order valence-electron chi connectivity index (χ1n) is 8.05. The number of hydrogen-bond donors (Lipinski definition) is 0. The first-order valence-corrected chi connectivity index (χ1v) is 8.81. The van der Waals surface area contributed by atoms with E-state index < -0.39 is 5.79 Å². The van der Waals surface area contributed by atoms with E-state index in [1.165, 1.54) is 0 Å². The number of halogens is 2. The van der Waals surface area contributed by atoms with Gasteiger partial charge in [0, 0.05) is 34.3 Å². The molecular weight excluding hydrogens is 347 g/mol. The molecule has 4 nitrogen and oxygen atoms in total. The third-order valence-corrected chi connectivity index (χ3v) is 4.81. The summed E-state index contributed by atoms with van der Waals surface area (Å²) in [6.45, 7) is 6.22. The third-order valence-electron chi connectivity index (χ3n) is 4.22.